The molecule has 3 aliphatic heterocycles. The molecule has 3 fully saturated rings. The highest BCUT2D eigenvalue weighted by Gasteiger charge is 2.49. The molecule has 4 amide bonds. The first-order chi connectivity index (χ1) is 29.0. The summed E-state index contributed by atoms with van der Waals surface area (Å²) in [6.45, 7) is 2.25. The molecule has 348 valence electrons. The van der Waals surface area contributed by atoms with Crippen LogP contribution in [0.25, 0.3) is 0 Å². The van der Waals surface area contributed by atoms with Crippen molar-refractivity contribution in [3.63, 3.8) is 0 Å². The number of nitrogens with one attached hydrogen (secondary N) is 4. The Kier molecular flexibility index (Phi) is 21.3. The predicted molar refractivity (Wildman–Crippen MR) is 214 cm³/mol. The van der Waals surface area contributed by atoms with E-state index in [2.05, 4.69) is 35.3 Å². The molecule has 0 saturated carbocycles. The fourth-order valence-corrected chi connectivity index (χ4v) is 9.05. The lowest BCUT2D eigenvalue weighted by Crippen LogP contribution is -2.38. The molecule has 4 heterocycles. The maximum atomic E-state index is 12.6. The monoisotopic (exact) mass is 933 g/mol. The number of aromatic nitrogens is 2. The van der Waals surface area contributed by atoms with E-state index in [1.54, 1.807) is 0 Å². The Bertz CT molecular complexity index is 1720. The van der Waals surface area contributed by atoms with E-state index in [-0.39, 0.29) is 68.3 Å². The number of nitrogens with two attached hydrogens (primary N) is 1. The van der Waals surface area contributed by atoms with E-state index in [0.29, 0.717) is 69.8 Å². The zero-order valence-electron chi connectivity index (χ0n) is 33.4. The zero-order valence-corrected chi connectivity index (χ0v) is 36.0. The van der Waals surface area contributed by atoms with Gasteiger partial charge in [0.25, 0.3) is 0 Å². The SMILES string of the molecule is Nc1nc(=O)n([C@@H]2O[C@H](COP(=O)(O)O)[C@@H](OP(=O)(O)O)[C@H]2O)cc1CCCNC(=O)CCOCCOCCOCCOCCNC(=O)CCCC[C@@H]1SC[C@@H]2NC(=O)N[C@@H]21. The molecule has 1 aromatic heterocycles. The van der Waals surface area contributed by atoms with Crippen LogP contribution in [0.15, 0.2) is 11.0 Å². The largest absolute Gasteiger partial charge is 0.470 e. The number of carbonyl (C=O) groups excluding carboxylic acids is 3. The van der Waals surface area contributed by atoms with Gasteiger partial charge in [-0.3, -0.25) is 23.2 Å². The van der Waals surface area contributed by atoms with Gasteiger partial charge in [0.05, 0.1) is 71.5 Å². The number of fused-ring (bicyclic) bond motifs is 1. The highest BCUT2D eigenvalue weighted by atomic mass is 32.2. The minimum Gasteiger partial charge on any atom is -0.386 e. The number of carbonyl (C=O) groups is 3. The van der Waals surface area contributed by atoms with Gasteiger partial charge in [-0.05, 0) is 25.7 Å². The van der Waals surface area contributed by atoms with E-state index < -0.39 is 52.5 Å². The van der Waals surface area contributed by atoms with Gasteiger partial charge in [-0.15, -0.1) is 0 Å². The Balaban J connectivity index is 0.960. The average Bonchev–Trinajstić information content (AvgIpc) is 3.84. The van der Waals surface area contributed by atoms with Gasteiger partial charge in [0.2, 0.25) is 11.8 Å². The second-order valence-corrected chi connectivity index (χ2v) is 17.8. The fraction of sp³-hybridized carbons (Fsp3) is 0.788. The summed E-state index contributed by atoms with van der Waals surface area (Å²) >= 11 is 1.87. The molecule has 0 bridgehead atoms. The van der Waals surface area contributed by atoms with Gasteiger partial charge in [-0.25, -0.2) is 18.7 Å². The molecule has 0 unspecified atom stereocenters. The number of rotatable bonds is 30. The number of thioether (sulfide) groups is 1. The predicted octanol–water partition coefficient (Wildman–Crippen LogP) is -1.98. The second-order valence-electron chi connectivity index (χ2n) is 14.1. The Labute approximate surface area is 355 Å². The zero-order chi connectivity index (χ0) is 44.4. The van der Waals surface area contributed by atoms with Crippen LogP contribution in [0, 0.1) is 0 Å². The van der Waals surface area contributed by atoms with E-state index in [1.165, 1.54) is 6.20 Å². The van der Waals surface area contributed by atoms with Gasteiger partial charge < -0.3 is 75.4 Å². The summed E-state index contributed by atoms with van der Waals surface area (Å²) in [6.07, 6.45) is -2.03. The number of amides is 4. The number of aliphatic hydroxyl groups excluding tert-OH is 1. The third-order valence-electron chi connectivity index (χ3n) is 9.49. The summed E-state index contributed by atoms with van der Waals surface area (Å²) in [4.78, 5) is 88.7. The average molecular weight is 934 g/mol. The van der Waals surface area contributed by atoms with Gasteiger partial charge in [0, 0.05) is 48.7 Å². The van der Waals surface area contributed by atoms with Crippen molar-refractivity contribution in [3.05, 3.63) is 22.2 Å². The van der Waals surface area contributed by atoms with E-state index >= 15 is 0 Å². The van der Waals surface area contributed by atoms with Crippen LogP contribution >= 0.6 is 27.4 Å². The number of ether oxygens (including phenoxy) is 5. The van der Waals surface area contributed by atoms with Crippen molar-refractivity contribution in [1.82, 2.24) is 30.8 Å². The van der Waals surface area contributed by atoms with E-state index in [4.69, 9.17) is 39.2 Å². The van der Waals surface area contributed by atoms with Crippen LogP contribution in [0.5, 0.6) is 0 Å². The van der Waals surface area contributed by atoms with Gasteiger partial charge in [-0.2, -0.15) is 16.7 Å². The number of phosphoric acid groups is 2. The van der Waals surface area contributed by atoms with Crippen molar-refractivity contribution < 1.29 is 80.9 Å². The maximum absolute atomic E-state index is 12.6. The van der Waals surface area contributed by atoms with Crippen molar-refractivity contribution in [1.29, 1.82) is 0 Å². The van der Waals surface area contributed by atoms with Gasteiger partial charge >= 0.3 is 27.4 Å². The molecule has 1 aromatic rings. The van der Waals surface area contributed by atoms with E-state index in [9.17, 15) is 43.2 Å². The van der Waals surface area contributed by atoms with Crippen LogP contribution < -0.4 is 32.7 Å². The summed E-state index contributed by atoms with van der Waals surface area (Å²) in [6, 6.07) is 0.303. The van der Waals surface area contributed by atoms with Gasteiger partial charge in [0.1, 0.15) is 24.1 Å². The van der Waals surface area contributed by atoms with Crippen molar-refractivity contribution in [2.75, 3.05) is 84.0 Å². The molecule has 11 N–H and O–H groups in total. The normalized spacial score (nSPS) is 23.8. The quantitative estimate of drug-likeness (QED) is 0.0227. The smallest absolute Gasteiger partial charge is 0.386 e. The van der Waals surface area contributed by atoms with E-state index in [1.807, 2.05) is 11.8 Å². The molecule has 0 radical (unpaired) electrons. The lowest BCUT2D eigenvalue weighted by atomic mass is 10.0. The molecular weight excluding hydrogens is 876 g/mol. The molecule has 7 atom stereocenters. The van der Waals surface area contributed by atoms with Crippen LogP contribution in [0.1, 0.15) is 50.3 Å². The molecule has 3 saturated heterocycles. The maximum Gasteiger partial charge on any atom is 0.470 e. The number of hydrogen-bond acceptors (Lipinski definition) is 17. The Morgan fingerprint density at radius 2 is 1.52 bits per heavy atom. The highest BCUT2D eigenvalue weighted by Crippen LogP contribution is 2.45. The molecule has 61 heavy (non-hydrogen) atoms. The summed E-state index contributed by atoms with van der Waals surface area (Å²) < 4.78 is 59.7. The first-order valence-corrected chi connectivity index (χ1v) is 23.8. The number of unbranched alkanes of at least 4 members (excludes halogenated alkanes) is 1. The minimum absolute atomic E-state index is 0.00856. The fourth-order valence-electron chi connectivity index (χ4n) is 6.59. The Morgan fingerprint density at radius 1 is 0.885 bits per heavy atom. The Hall–Kier alpha value is -2.78. The molecule has 28 heteroatoms. The number of nitrogen functional groups attached to an aromatic ring is 1. The third kappa shape index (κ3) is 18.5. The second kappa shape index (κ2) is 25.5. The molecule has 0 spiro atoms. The minimum atomic E-state index is -5.24. The molecule has 3 aliphatic rings. The van der Waals surface area contributed by atoms with Crippen LogP contribution in [-0.4, -0.2) is 166 Å². The standard InChI is InChI=1S/C33H57N7O18P2S/c34-30-21(18-40(33(45)39-30)31-28(43)29(58-60(49,50)51)23(57-31)19-56-59(46,47)48)4-3-8-35-26(42)7-10-52-12-14-54-16-17-55-15-13-53-11-9-36-25(41)6-2-1-5-24-27-22(20-61-24)37-32(44)38-27/h18,22-24,27-29,31,43H,1-17,19-20H2,(H,35,42)(H,36,41)(H2,34,39,45)(H2,37,38,44)(H2,46,47,48)(H2,49,50,51)/t22-,23+,24-,27-,28+,29+,31+/m0/s1. The number of aliphatic hydroxyl groups is 1. The topological polar surface area (TPSA) is 360 Å². The molecular formula is C33H57N7O18P2S. The lowest BCUT2D eigenvalue weighted by Gasteiger charge is -2.21. The Morgan fingerprint density at radius 3 is 2.20 bits per heavy atom. The molecule has 0 aliphatic carbocycles. The molecule has 0 aromatic carbocycles. The number of nitrogens with zero attached hydrogens (tertiary/aromatic N) is 2. The number of aryl methyl sites for hydroxylation is 1. The van der Waals surface area contributed by atoms with E-state index in [0.717, 1.165) is 29.6 Å². The van der Waals surface area contributed by atoms with Gasteiger partial charge in [0.15, 0.2) is 6.23 Å². The summed E-state index contributed by atoms with van der Waals surface area (Å²) in [5.41, 5.74) is 5.21. The molecule has 4 rings (SSSR count). The van der Waals surface area contributed by atoms with Crippen LogP contribution in [0.3, 0.4) is 0 Å². The summed E-state index contributed by atoms with van der Waals surface area (Å²) in [5, 5.41) is 22.6. The highest BCUT2D eigenvalue weighted by molar-refractivity contribution is 8.00. The first-order valence-electron chi connectivity index (χ1n) is 19.7. The summed E-state index contributed by atoms with van der Waals surface area (Å²) in [7, 11) is -10.3. The van der Waals surface area contributed by atoms with Crippen molar-refractivity contribution in [2.24, 2.45) is 0 Å². The van der Waals surface area contributed by atoms with Crippen molar-refractivity contribution in [2.45, 2.75) is 86.8 Å². The number of anilines is 1. The third-order valence-corrected chi connectivity index (χ3v) is 12.0. The van der Waals surface area contributed by atoms with Crippen LogP contribution in [0.4, 0.5) is 10.6 Å². The van der Waals surface area contributed by atoms with Crippen LogP contribution in [-0.2, 0) is 57.9 Å². The number of hydrogen-bond donors (Lipinski definition) is 10. The molecule has 25 nitrogen and oxygen atoms in total. The summed E-state index contributed by atoms with van der Waals surface area (Å²) in [5.74, 6) is 0.493. The van der Waals surface area contributed by atoms with Crippen molar-refractivity contribution >= 4 is 51.1 Å². The van der Waals surface area contributed by atoms with Crippen molar-refractivity contribution in [3.8, 4) is 0 Å². The van der Waals surface area contributed by atoms with Gasteiger partial charge in [-0.1, -0.05) is 6.42 Å². The first kappa shape index (κ1) is 50.9. The number of urea groups is 1. The lowest BCUT2D eigenvalue weighted by molar-refractivity contribution is -0.122. The number of phosphoric ester groups is 2. The van der Waals surface area contributed by atoms with Crippen LogP contribution in [0.2, 0.25) is 0 Å².